The highest BCUT2D eigenvalue weighted by Gasteiger charge is 2.33. The highest BCUT2D eigenvalue weighted by atomic mass is 16.2. The van der Waals surface area contributed by atoms with Gasteiger partial charge < -0.3 is 0 Å². The van der Waals surface area contributed by atoms with Crippen LogP contribution in [0.25, 0.3) is 0 Å². The van der Waals surface area contributed by atoms with Crippen LogP contribution in [-0.2, 0) is 6.54 Å². The molecular weight excluding hydrogens is 238 g/mol. The Hall–Kier alpha value is -1.39. The number of carbonyl (C=O) groups excluding carboxylic acids is 1. The summed E-state index contributed by atoms with van der Waals surface area (Å²) in [6, 6.07) is 8.54. The fraction of sp³-hybridized carbons (Fsp3) is 0.533. The third kappa shape index (κ3) is 3.33. The topological polar surface area (TPSA) is 58.4 Å². The summed E-state index contributed by atoms with van der Waals surface area (Å²) >= 11 is 0. The zero-order valence-electron chi connectivity index (χ0n) is 11.1. The summed E-state index contributed by atoms with van der Waals surface area (Å²) in [7, 11) is 0. The number of carbonyl (C=O) groups is 1. The number of nitrogens with zero attached hydrogens (tertiary/aromatic N) is 1. The third-order valence-corrected chi connectivity index (χ3v) is 3.96. The molecular formula is C15H21N3O. The molecule has 2 aliphatic carbocycles. The van der Waals surface area contributed by atoms with E-state index in [4.69, 9.17) is 5.84 Å². The van der Waals surface area contributed by atoms with Gasteiger partial charge in [0.25, 0.3) is 5.91 Å². The van der Waals surface area contributed by atoms with Crippen molar-refractivity contribution in [3.05, 3.63) is 35.4 Å². The number of hydrogen-bond donors (Lipinski definition) is 2. The lowest BCUT2D eigenvalue weighted by Gasteiger charge is -2.22. The Morgan fingerprint density at radius 2 is 2.11 bits per heavy atom. The van der Waals surface area contributed by atoms with E-state index in [1.54, 1.807) is 6.07 Å². The van der Waals surface area contributed by atoms with E-state index in [2.05, 4.69) is 16.4 Å². The lowest BCUT2D eigenvalue weighted by atomic mass is 10.1. The molecule has 19 heavy (non-hydrogen) atoms. The molecule has 102 valence electrons. The Balaban J connectivity index is 1.68. The molecule has 0 radical (unpaired) electrons. The minimum Gasteiger partial charge on any atom is -0.296 e. The molecule has 2 aliphatic rings. The van der Waals surface area contributed by atoms with Gasteiger partial charge in [-0.1, -0.05) is 12.1 Å². The largest absolute Gasteiger partial charge is 0.296 e. The quantitative estimate of drug-likeness (QED) is 0.464. The van der Waals surface area contributed by atoms with Gasteiger partial charge in [-0.3, -0.25) is 15.1 Å². The molecule has 0 bridgehead atoms. The van der Waals surface area contributed by atoms with E-state index in [1.165, 1.54) is 37.8 Å². The van der Waals surface area contributed by atoms with Crippen molar-refractivity contribution < 1.29 is 4.79 Å². The molecule has 0 saturated heterocycles. The van der Waals surface area contributed by atoms with Crippen LogP contribution < -0.4 is 11.3 Å². The first-order valence-electron chi connectivity index (χ1n) is 7.10. The minimum atomic E-state index is -0.220. The average molecular weight is 259 g/mol. The Morgan fingerprint density at radius 3 is 2.74 bits per heavy atom. The van der Waals surface area contributed by atoms with Crippen LogP contribution in [0.3, 0.4) is 0 Å². The summed E-state index contributed by atoms with van der Waals surface area (Å²) in [6.07, 6.45) is 5.43. The maximum atomic E-state index is 11.5. The molecule has 0 spiro atoms. The first-order valence-corrected chi connectivity index (χ1v) is 7.10. The number of hydrogen-bond acceptors (Lipinski definition) is 3. The number of nitrogens with one attached hydrogen (secondary N) is 1. The van der Waals surface area contributed by atoms with E-state index in [0.717, 1.165) is 18.5 Å². The summed E-state index contributed by atoms with van der Waals surface area (Å²) in [5.41, 5.74) is 4.03. The molecule has 4 nitrogen and oxygen atoms in total. The van der Waals surface area contributed by atoms with Gasteiger partial charge in [0.15, 0.2) is 0 Å². The van der Waals surface area contributed by atoms with E-state index in [0.29, 0.717) is 5.56 Å². The first kappa shape index (κ1) is 12.6. The van der Waals surface area contributed by atoms with Gasteiger partial charge in [0.1, 0.15) is 0 Å². The van der Waals surface area contributed by atoms with Crippen molar-refractivity contribution in [3.63, 3.8) is 0 Å². The average Bonchev–Trinajstić information content (AvgIpc) is 3.28. The van der Waals surface area contributed by atoms with E-state index < -0.39 is 0 Å². The Labute approximate surface area is 113 Å². The smallest absolute Gasteiger partial charge is 0.265 e. The molecule has 4 heteroatoms. The predicted octanol–water partition coefficient (Wildman–Crippen LogP) is 1.66. The fourth-order valence-electron chi connectivity index (χ4n) is 2.54. The molecule has 0 aliphatic heterocycles. The number of nitrogen functional groups attached to an aromatic ring is 1. The molecule has 0 heterocycles. The van der Waals surface area contributed by atoms with Gasteiger partial charge in [0.2, 0.25) is 0 Å². The van der Waals surface area contributed by atoms with Gasteiger partial charge in [-0.15, -0.1) is 0 Å². The second-order valence-corrected chi connectivity index (χ2v) is 5.78. The maximum absolute atomic E-state index is 11.5. The minimum absolute atomic E-state index is 0.220. The van der Waals surface area contributed by atoms with Crippen LogP contribution in [-0.4, -0.2) is 23.4 Å². The van der Waals surface area contributed by atoms with Crippen LogP contribution in [0.2, 0.25) is 0 Å². The van der Waals surface area contributed by atoms with Crippen LogP contribution in [0.1, 0.15) is 41.6 Å². The normalized spacial score (nSPS) is 18.6. The molecule has 1 amide bonds. The summed E-state index contributed by atoms with van der Waals surface area (Å²) in [4.78, 5) is 14.1. The molecule has 2 fully saturated rings. The van der Waals surface area contributed by atoms with E-state index in [1.807, 2.05) is 12.1 Å². The van der Waals surface area contributed by atoms with Gasteiger partial charge in [0, 0.05) is 24.7 Å². The Kier molecular flexibility index (Phi) is 3.53. The Bertz CT molecular complexity index is 466. The van der Waals surface area contributed by atoms with Gasteiger partial charge in [-0.05, 0) is 49.3 Å². The number of amides is 1. The monoisotopic (exact) mass is 259 g/mol. The highest BCUT2D eigenvalue weighted by molar-refractivity contribution is 5.93. The van der Waals surface area contributed by atoms with Gasteiger partial charge in [-0.25, -0.2) is 5.84 Å². The van der Waals surface area contributed by atoms with Crippen molar-refractivity contribution in [3.8, 4) is 0 Å². The van der Waals surface area contributed by atoms with E-state index in [9.17, 15) is 4.79 Å². The maximum Gasteiger partial charge on any atom is 0.265 e. The van der Waals surface area contributed by atoms with Crippen molar-refractivity contribution in [1.29, 1.82) is 0 Å². The van der Waals surface area contributed by atoms with Crippen LogP contribution >= 0.6 is 0 Å². The number of hydrazine groups is 1. The second kappa shape index (κ2) is 5.31. The van der Waals surface area contributed by atoms with Crippen molar-refractivity contribution >= 4 is 5.91 Å². The highest BCUT2D eigenvalue weighted by Crippen LogP contribution is 2.35. The summed E-state index contributed by atoms with van der Waals surface area (Å²) in [6.45, 7) is 2.17. The Morgan fingerprint density at radius 1 is 1.32 bits per heavy atom. The van der Waals surface area contributed by atoms with Gasteiger partial charge >= 0.3 is 0 Å². The number of nitrogens with two attached hydrogens (primary N) is 1. The number of benzene rings is 1. The van der Waals surface area contributed by atoms with Crippen molar-refractivity contribution in [2.24, 2.45) is 11.8 Å². The SMILES string of the molecule is NNC(=O)c1cccc(CN(CC2CC2)C2CC2)c1. The second-order valence-electron chi connectivity index (χ2n) is 5.78. The lowest BCUT2D eigenvalue weighted by molar-refractivity contribution is 0.0953. The molecule has 0 atom stereocenters. The molecule has 1 aromatic carbocycles. The first-order chi connectivity index (χ1) is 9.26. The summed E-state index contributed by atoms with van der Waals surface area (Å²) in [5, 5.41) is 0. The summed E-state index contributed by atoms with van der Waals surface area (Å²) < 4.78 is 0. The zero-order valence-corrected chi connectivity index (χ0v) is 11.1. The van der Waals surface area contributed by atoms with Crippen molar-refractivity contribution in [2.45, 2.75) is 38.3 Å². The standard InChI is InChI=1S/C15H21N3O/c16-17-15(19)13-3-1-2-12(8-13)10-18(14-6-7-14)9-11-4-5-11/h1-3,8,11,14H,4-7,9-10,16H2,(H,17,19). The van der Waals surface area contributed by atoms with Crippen LogP contribution in [0, 0.1) is 5.92 Å². The summed E-state index contributed by atoms with van der Waals surface area (Å²) in [5.74, 6) is 5.87. The molecule has 0 aromatic heterocycles. The molecule has 0 unspecified atom stereocenters. The van der Waals surface area contributed by atoms with Crippen LogP contribution in [0.5, 0.6) is 0 Å². The molecule has 2 saturated carbocycles. The van der Waals surface area contributed by atoms with Crippen molar-refractivity contribution in [2.75, 3.05) is 6.54 Å². The van der Waals surface area contributed by atoms with E-state index in [-0.39, 0.29) is 5.91 Å². The van der Waals surface area contributed by atoms with E-state index >= 15 is 0 Å². The van der Waals surface area contributed by atoms with Gasteiger partial charge in [0.05, 0.1) is 0 Å². The van der Waals surface area contributed by atoms with Crippen LogP contribution in [0.15, 0.2) is 24.3 Å². The molecule has 3 N–H and O–H groups in total. The van der Waals surface area contributed by atoms with Crippen molar-refractivity contribution in [1.82, 2.24) is 10.3 Å². The van der Waals surface area contributed by atoms with Gasteiger partial charge in [-0.2, -0.15) is 0 Å². The van der Waals surface area contributed by atoms with Crippen LogP contribution in [0.4, 0.5) is 0 Å². The predicted molar refractivity (Wildman–Crippen MR) is 74.3 cm³/mol. The molecule has 3 rings (SSSR count). The number of rotatable bonds is 6. The fourth-order valence-corrected chi connectivity index (χ4v) is 2.54. The zero-order chi connectivity index (χ0) is 13.2. The third-order valence-electron chi connectivity index (χ3n) is 3.96. The lowest BCUT2D eigenvalue weighted by Crippen LogP contribution is -2.30. The molecule has 1 aromatic rings.